The van der Waals surface area contributed by atoms with Crippen LogP contribution >= 0.6 is 15.9 Å². The molecule has 1 aliphatic heterocycles. The van der Waals surface area contributed by atoms with Crippen molar-refractivity contribution in [2.75, 3.05) is 11.9 Å². The molecule has 0 radical (unpaired) electrons. The Morgan fingerprint density at radius 3 is 3.00 bits per heavy atom. The maximum absolute atomic E-state index is 12.4. The molecule has 0 aliphatic carbocycles. The number of aryl methyl sites for hydroxylation is 1. The second-order valence-corrected chi connectivity index (χ2v) is 5.79. The van der Waals surface area contributed by atoms with Gasteiger partial charge < -0.3 is 14.6 Å². The van der Waals surface area contributed by atoms with Crippen LogP contribution in [-0.2, 0) is 11.8 Å². The zero-order valence-electron chi connectivity index (χ0n) is 11.3. The van der Waals surface area contributed by atoms with Gasteiger partial charge in [0.05, 0.1) is 0 Å². The van der Waals surface area contributed by atoms with Gasteiger partial charge in [-0.2, -0.15) is 0 Å². The molecule has 3 rings (SSSR count). The quantitative estimate of drug-likeness (QED) is 0.905. The summed E-state index contributed by atoms with van der Waals surface area (Å²) >= 11 is 3.31. The Labute approximate surface area is 129 Å². The highest BCUT2D eigenvalue weighted by molar-refractivity contribution is 9.10. The Hall–Kier alpha value is -2.08. The van der Waals surface area contributed by atoms with Gasteiger partial charge in [-0.25, -0.2) is 0 Å². The number of benzene rings is 1. The number of para-hydroxylation sites is 1. The van der Waals surface area contributed by atoms with Crippen molar-refractivity contribution in [3.8, 4) is 5.75 Å². The van der Waals surface area contributed by atoms with Gasteiger partial charge in [0, 0.05) is 23.3 Å². The molecule has 108 valence electrons. The number of carbonyl (C=O) groups is 1. The zero-order valence-corrected chi connectivity index (χ0v) is 12.9. The molecule has 0 saturated heterocycles. The number of rotatable bonds is 2. The van der Waals surface area contributed by atoms with E-state index in [1.165, 1.54) is 4.57 Å². The molecule has 1 amide bonds. The Kier molecular flexibility index (Phi) is 3.55. The van der Waals surface area contributed by atoms with Crippen molar-refractivity contribution in [3.05, 3.63) is 56.9 Å². The smallest absolute Gasteiger partial charge is 0.274 e. The summed E-state index contributed by atoms with van der Waals surface area (Å²) in [7, 11) is 1.64. The monoisotopic (exact) mass is 348 g/mol. The highest BCUT2D eigenvalue weighted by Gasteiger charge is 2.30. The molecule has 0 fully saturated rings. The molecule has 2 aromatic rings. The SMILES string of the molecule is Cn1cc(Br)cc(NC(=O)C2COc3ccccc32)c1=O. The van der Waals surface area contributed by atoms with Gasteiger partial charge in [-0.05, 0) is 28.1 Å². The molecule has 5 nitrogen and oxygen atoms in total. The third-order valence-electron chi connectivity index (χ3n) is 3.42. The predicted octanol–water partition coefficient (Wildman–Crippen LogP) is 2.26. The van der Waals surface area contributed by atoms with E-state index in [-0.39, 0.29) is 17.2 Å². The summed E-state index contributed by atoms with van der Waals surface area (Å²) in [6.07, 6.45) is 1.64. The van der Waals surface area contributed by atoms with Crippen LogP contribution in [0, 0.1) is 0 Å². The summed E-state index contributed by atoms with van der Waals surface area (Å²) < 4.78 is 7.63. The number of hydrogen-bond acceptors (Lipinski definition) is 3. The van der Waals surface area contributed by atoms with Crippen LogP contribution in [0.3, 0.4) is 0 Å². The van der Waals surface area contributed by atoms with E-state index in [1.807, 2.05) is 24.3 Å². The number of hydrogen-bond donors (Lipinski definition) is 1. The van der Waals surface area contributed by atoms with E-state index in [1.54, 1.807) is 19.3 Å². The molecule has 1 aromatic carbocycles. The van der Waals surface area contributed by atoms with Crippen LogP contribution in [0.4, 0.5) is 5.69 Å². The summed E-state index contributed by atoms with van der Waals surface area (Å²) in [4.78, 5) is 24.4. The van der Waals surface area contributed by atoms with Crippen molar-refractivity contribution in [1.82, 2.24) is 4.57 Å². The zero-order chi connectivity index (χ0) is 15.0. The van der Waals surface area contributed by atoms with Crippen molar-refractivity contribution in [3.63, 3.8) is 0 Å². The van der Waals surface area contributed by atoms with E-state index in [0.29, 0.717) is 6.61 Å². The van der Waals surface area contributed by atoms with Crippen molar-refractivity contribution < 1.29 is 9.53 Å². The van der Waals surface area contributed by atoms with Gasteiger partial charge in [0.15, 0.2) is 0 Å². The molecule has 21 heavy (non-hydrogen) atoms. The molecular formula is C15H13BrN2O3. The average Bonchev–Trinajstić information content (AvgIpc) is 2.88. The molecule has 1 aliphatic rings. The summed E-state index contributed by atoms with van der Waals surface area (Å²) in [5, 5.41) is 2.69. The minimum atomic E-state index is -0.398. The van der Waals surface area contributed by atoms with Gasteiger partial charge in [0.25, 0.3) is 5.56 Å². The second-order valence-electron chi connectivity index (χ2n) is 4.88. The van der Waals surface area contributed by atoms with Crippen LogP contribution in [0.5, 0.6) is 5.75 Å². The third kappa shape index (κ3) is 2.58. The molecule has 0 saturated carbocycles. The molecule has 6 heteroatoms. The van der Waals surface area contributed by atoms with E-state index in [9.17, 15) is 9.59 Å². The van der Waals surface area contributed by atoms with Crippen molar-refractivity contribution in [1.29, 1.82) is 0 Å². The Balaban J connectivity index is 1.87. The van der Waals surface area contributed by atoms with Crippen molar-refractivity contribution in [2.45, 2.75) is 5.92 Å². The fourth-order valence-electron chi connectivity index (χ4n) is 2.36. The number of nitrogens with one attached hydrogen (secondary N) is 1. The number of ether oxygens (including phenoxy) is 1. The molecule has 0 bridgehead atoms. The maximum atomic E-state index is 12.4. The molecule has 1 atom stereocenters. The van der Waals surface area contributed by atoms with Crippen LogP contribution < -0.4 is 15.6 Å². The number of pyridine rings is 1. The van der Waals surface area contributed by atoms with Crippen LogP contribution in [0.25, 0.3) is 0 Å². The average molecular weight is 349 g/mol. The normalized spacial score (nSPS) is 16.2. The van der Waals surface area contributed by atoms with Crippen LogP contribution in [0.2, 0.25) is 0 Å². The number of aromatic nitrogens is 1. The lowest BCUT2D eigenvalue weighted by Gasteiger charge is -2.11. The van der Waals surface area contributed by atoms with Crippen molar-refractivity contribution >= 4 is 27.5 Å². The number of fused-ring (bicyclic) bond motifs is 1. The van der Waals surface area contributed by atoms with Gasteiger partial charge in [0.2, 0.25) is 5.91 Å². The maximum Gasteiger partial charge on any atom is 0.274 e. The minimum Gasteiger partial charge on any atom is -0.492 e. The van der Waals surface area contributed by atoms with Gasteiger partial charge in [-0.1, -0.05) is 18.2 Å². The Morgan fingerprint density at radius 1 is 1.43 bits per heavy atom. The van der Waals surface area contributed by atoms with E-state index < -0.39 is 5.92 Å². The third-order valence-corrected chi connectivity index (χ3v) is 3.86. The first-order valence-electron chi connectivity index (χ1n) is 6.45. The standard InChI is InChI=1S/C15H13BrN2O3/c1-18-7-9(16)6-12(15(18)20)17-14(19)11-8-21-13-5-3-2-4-10(11)13/h2-7,11H,8H2,1H3,(H,17,19). The van der Waals surface area contributed by atoms with Crippen LogP contribution in [0.15, 0.2) is 45.8 Å². The largest absolute Gasteiger partial charge is 0.492 e. The first-order chi connectivity index (χ1) is 10.1. The summed E-state index contributed by atoms with van der Waals surface area (Å²) in [5.41, 5.74) is 0.849. The lowest BCUT2D eigenvalue weighted by Crippen LogP contribution is -2.28. The highest BCUT2D eigenvalue weighted by Crippen LogP contribution is 2.34. The Bertz CT molecular complexity index is 770. The molecule has 1 aromatic heterocycles. The topological polar surface area (TPSA) is 60.3 Å². The van der Waals surface area contributed by atoms with Gasteiger partial charge in [-0.15, -0.1) is 0 Å². The highest BCUT2D eigenvalue weighted by atomic mass is 79.9. The first kappa shape index (κ1) is 13.9. The van der Waals surface area contributed by atoms with Crippen LogP contribution in [0.1, 0.15) is 11.5 Å². The number of carbonyl (C=O) groups excluding carboxylic acids is 1. The van der Waals surface area contributed by atoms with Crippen molar-refractivity contribution in [2.24, 2.45) is 7.05 Å². The van der Waals surface area contributed by atoms with E-state index in [2.05, 4.69) is 21.2 Å². The van der Waals surface area contributed by atoms with Gasteiger partial charge in [-0.3, -0.25) is 9.59 Å². The van der Waals surface area contributed by atoms with E-state index >= 15 is 0 Å². The Morgan fingerprint density at radius 2 is 2.19 bits per heavy atom. The van der Waals surface area contributed by atoms with Crippen LogP contribution in [-0.4, -0.2) is 17.1 Å². The fraction of sp³-hybridized carbons (Fsp3) is 0.200. The lowest BCUT2D eigenvalue weighted by atomic mass is 10.0. The number of halogens is 1. The summed E-state index contributed by atoms with van der Waals surface area (Å²) in [5.74, 6) is 0.0832. The van der Waals surface area contributed by atoms with Gasteiger partial charge >= 0.3 is 0 Å². The number of anilines is 1. The van der Waals surface area contributed by atoms with E-state index in [0.717, 1.165) is 15.8 Å². The molecular weight excluding hydrogens is 336 g/mol. The van der Waals surface area contributed by atoms with Gasteiger partial charge in [0.1, 0.15) is 24.0 Å². The molecule has 2 heterocycles. The predicted molar refractivity (Wildman–Crippen MR) is 82.7 cm³/mol. The van der Waals surface area contributed by atoms with E-state index in [4.69, 9.17) is 4.74 Å². The lowest BCUT2D eigenvalue weighted by molar-refractivity contribution is -0.117. The fourth-order valence-corrected chi connectivity index (χ4v) is 2.90. The number of nitrogens with zero attached hydrogens (tertiary/aromatic N) is 1. The molecule has 0 spiro atoms. The number of amides is 1. The summed E-state index contributed by atoms with van der Waals surface area (Å²) in [6, 6.07) is 9.03. The molecule has 1 N–H and O–H groups in total. The molecule has 1 unspecified atom stereocenters. The second kappa shape index (κ2) is 5.37. The minimum absolute atomic E-state index is 0.241. The first-order valence-corrected chi connectivity index (χ1v) is 7.24. The summed E-state index contributed by atoms with van der Waals surface area (Å²) in [6.45, 7) is 0.291.